The van der Waals surface area contributed by atoms with Gasteiger partial charge >= 0.3 is 0 Å². The van der Waals surface area contributed by atoms with E-state index in [0.717, 1.165) is 41.8 Å². The Labute approximate surface area is 169 Å². The molecular formula is C22H26FN5O. The van der Waals surface area contributed by atoms with E-state index in [-0.39, 0.29) is 17.1 Å². The third-order valence-corrected chi connectivity index (χ3v) is 5.94. The zero-order valence-corrected chi connectivity index (χ0v) is 17.2. The van der Waals surface area contributed by atoms with Crippen molar-refractivity contribution in [2.75, 3.05) is 5.32 Å². The Kier molecular flexibility index (Phi) is 4.76. The molecule has 0 saturated heterocycles. The van der Waals surface area contributed by atoms with E-state index < -0.39 is 0 Å². The van der Waals surface area contributed by atoms with Gasteiger partial charge in [0.05, 0.1) is 11.9 Å². The maximum Gasteiger partial charge on any atom is 0.278 e. The summed E-state index contributed by atoms with van der Waals surface area (Å²) in [6.07, 6.45) is 4.52. The van der Waals surface area contributed by atoms with Gasteiger partial charge in [-0.2, -0.15) is 5.10 Å². The van der Waals surface area contributed by atoms with Gasteiger partial charge < -0.3 is 4.57 Å². The molecule has 3 aromatic rings. The van der Waals surface area contributed by atoms with Crippen molar-refractivity contribution < 1.29 is 9.18 Å². The average molecular weight is 395 g/mol. The summed E-state index contributed by atoms with van der Waals surface area (Å²) in [7, 11) is 1.82. The summed E-state index contributed by atoms with van der Waals surface area (Å²) in [5.74, 6) is 0.379. The summed E-state index contributed by atoms with van der Waals surface area (Å²) in [6, 6.07) is 6.19. The summed E-state index contributed by atoms with van der Waals surface area (Å²) in [6.45, 7) is 6.73. The van der Waals surface area contributed by atoms with Crippen LogP contribution in [0.15, 0.2) is 30.5 Å². The number of carbonyl (C=O) groups excluding carboxylic acids is 1. The maximum absolute atomic E-state index is 13.2. The van der Waals surface area contributed by atoms with Crippen molar-refractivity contribution in [2.24, 2.45) is 18.4 Å². The van der Waals surface area contributed by atoms with E-state index in [1.165, 1.54) is 12.1 Å². The molecule has 7 heteroatoms. The molecule has 2 aromatic heterocycles. The van der Waals surface area contributed by atoms with Crippen LogP contribution in [0, 0.1) is 17.2 Å². The van der Waals surface area contributed by atoms with E-state index in [1.807, 2.05) is 7.05 Å². The van der Waals surface area contributed by atoms with Crippen LogP contribution in [-0.2, 0) is 19.9 Å². The van der Waals surface area contributed by atoms with E-state index in [2.05, 4.69) is 41.3 Å². The van der Waals surface area contributed by atoms with Crippen molar-refractivity contribution in [1.82, 2.24) is 19.7 Å². The molecule has 0 fully saturated rings. The zero-order valence-electron chi connectivity index (χ0n) is 17.2. The van der Waals surface area contributed by atoms with E-state index in [0.29, 0.717) is 17.6 Å². The van der Waals surface area contributed by atoms with E-state index >= 15 is 0 Å². The summed E-state index contributed by atoms with van der Waals surface area (Å²) < 4.78 is 15.0. The molecule has 0 radical (unpaired) electrons. The number of hydrogen-bond donors (Lipinski definition) is 2. The Bertz CT molecular complexity index is 1040. The number of benzene rings is 1. The lowest BCUT2D eigenvalue weighted by molar-refractivity contribution is 0.101. The molecule has 1 aliphatic rings. The van der Waals surface area contributed by atoms with Crippen molar-refractivity contribution >= 4 is 11.9 Å². The minimum absolute atomic E-state index is 0.187. The highest BCUT2D eigenvalue weighted by molar-refractivity contribution is 6.03. The van der Waals surface area contributed by atoms with E-state index in [9.17, 15) is 9.18 Å². The molecule has 0 saturated carbocycles. The first kappa shape index (κ1) is 19.4. The number of aromatic amines is 1. The number of nitrogens with zero attached hydrogens (tertiary/aromatic N) is 3. The first-order valence-corrected chi connectivity index (χ1v) is 9.89. The summed E-state index contributed by atoms with van der Waals surface area (Å²) in [5, 5.41) is 10.2. The SMILES string of the molecule is Cn1c(-c2ccc(F)cc2)cnc1NC(=O)c1n[nH]c2c1C[C@H](C(C)(C)C)CC2. The number of amides is 1. The molecule has 29 heavy (non-hydrogen) atoms. The molecule has 1 aromatic carbocycles. The molecule has 1 amide bonds. The Morgan fingerprint density at radius 1 is 1.28 bits per heavy atom. The van der Waals surface area contributed by atoms with Crippen molar-refractivity contribution in [1.29, 1.82) is 0 Å². The molecule has 6 nitrogen and oxygen atoms in total. The molecule has 1 aliphatic carbocycles. The number of nitrogens with one attached hydrogen (secondary N) is 2. The van der Waals surface area contributed by atoms with Crippen LogP contribution in [0.5, 0.6) is 0 Å². The van der Waals surface area contributed by atoms with Crippen molar-refractivity contribution in [3.8, 4) is 11.3 Å². The van der Waals surface area contributed by atoms with Gasteiger partial charge in [0.2, 0.25) is 5.95 Å². The molecule has 1 atom stereocenters. The van der Waals surface area contributed by atoms with Gasteiger partial charge in [-0.25, -0.2) is 9.37 Å². The predicted octanol–water partition coefficient (Wildman–Crippen LogP) is 4.35. The monoisotopic (exact) mass is 395 g/mol. The molecular weight excluding hydrogens is 369 g/mol. The van der Waals surface area contributed by atoms with Gasteiger partial charge in [0.1, 0.15) is 5.82 Å². The summed E-state index contributed by atoms with van der Waals surface area (Å²) in [4.78, 5) is 17.3. The molecule has 2 heterocycles. The molecule has 2 N–H and O–H groups in total. The standard InChI is InChI=1S/C22H26FN5O/c1-22(2,3)14-7-10-17-16(11-14)19(27-26-17)20(29)25-21-24-12-18(28(21)4)13-5-8-15(23)9-6-13/h5-6,8-9,12,14H,7,10-11H2,1-4H3,(H,26,27)(H,24,25,29)/t14-/m1/s1. The highest BCUT2D eigenvalue weighted by Crippen LogP contribution is 2.37. The zero-order chi connectivity index (χ0) is 20.8. The largest absolute Gasteiger partial charge is 0.313 e. The number of anilines is 1. The Morgan fingerprint density at radius 2 is 2.00 bits per heavy atom. The fourth-order valence-corrected chi connectivity index (χ4v) is 4.00. The first-order chi connectivity index (χ1) is 13.7. The molecule has 0 aliphatic heterocycles. The number of carbonyl (C=O) groups is 1. The normalized spacial score (nSPS) is 16.5. The third-order valence-electron chi connectivity index (χ3n) is 5.94. The minimum Gasteiger partial charge on any atom is -0.313 e. The smallest absolute Gasteiger partial charge is 0.278 e. The Morgan fingerprint density at radius 3 is 2.69 bits per heavy atom. The van der Waals surface area contributed by atoms with Gasteiger partial charge in [0.15, 0.2) is 5.69 Å². The fraction of sp³-hybridized carbons (Fsp3) is 0.409. The molecule has 152 valence electrons. The lowest BCUT2D eigenvalue weighted by Crippen LogP contribution is -2.28. The second-order valence-electron chi connectivity index (χ2n) is 8.82. The highest BCUT2D eigenvalue weighted by Gasteiger charge is 2.33. The lowest BCUT2D eigenvalue weighted by Gasteiger charge is -2.33. The number of halogens is 1. The number of aromatic nitrogens is 4. The van der Waals surface area contributed by atoms with Crippen LogP contribution >= 0.6 is 0 Å². The predicted molar refractivity (Wildman–Crippen MR) is 110 cm³/mol. The van der Waals surface area contributed by atoms with Crippen LogP contribution in [0.1, 0.15) is 48.9 Å². The van der Waals surface area contributed by atoms with Gasteiger partial charge in [0, 0.05) is 23.9 Å². The van der Waals surface area contributed by atoms with Crippen molar-refractivity contribution in [2.45, 2.75) is 40.0 Å². The summed E-state index contributed by atoms with van der Waals surface area (Å²) in [5.41, 5.74) is 4.32. The van der Waals surface area contributed by atoms with Crippen LogP contribution in [0.2, 0.25) is 0 Å². The van der Waals surface area contributed by atoms with Crippen LogP contribution in [0.3, 0.4) is 0 Å². The number of rotatable bonds is 3. The quantitative estimate of drug-likeness (QED) is 0.692. The van der Waals surface area contributed by atoms with E-state index in [1.54, 1.807) is 22.9 Å². The molecule has 0 spiro atoms. The molecule has 0 bridgehead atoms. The lowest BCUT2D eigenvalue weighted by atomic mass is 9.71. The number of aryl methyl sites for hydroxylation is 1. The minimum atomic E-state index is -0.290. The van der Waals surface area contributed by atoms with Crippen LogP contribution in [0.4, 0.5) is 10.3 Å². The Balaban J connectivity index is 1.56. The van der Waals surface area contributed by atoms with Gasteiger partial charge in [-0.15, -0.1) is 0 Å². The number of fused-ring (bicyclic) bond motifs is 1. The van der Waals surface area contributed by atoms with Crippen LogP contribution in [0.25, 0.3) is 11.3 Å². The summed E-state index contributed by atoms with van der Waals surface area (Å²) >= 11 is 0. The number of H-pyrrole nitrogens is 1. The van der Waals surface area contributed by atoms with Crippen LogP contribution < -0.4 is 5.32 Å². The molecule has 4 rings (SSSR count). The van der Waals surface area contributed by atoms with Crippen molar-refractivity contribution in [3.05, 3.63) is 53.2 Å². The average Bonchev–Trinajstić information content (AvgIpc) is 3.25. The Hall–Kier alpha value is -2.96. The fourth-order valence-electron chi connectivity index (χ4n) is 4.00. The number of imidazole rings is 1. The van der Waals surface area contributed by atoms with Gasteiger partial charge in [-0.3, -0.25) is 15.2 Å². The number of hydrogen-bond acceptors (Lipinski definition) is 3. The third kappa shape index (κ3) is 3.69. The van der Waals surface area contributed by atoms with E-state index in [4.69, 9.17) is 0 Å². The van der Waals surface area contributed by atoms with Gasteiger partial charge in [-0.05, 0) is 54.9 Å². The second-order valence-corrected chi connectivity index (χ2v) is 8.82. The molecule has 0 unspecified atom stereocenters. The maximum atomic E-state index is 13.2. The van der Waals surface area contributed by atoms with Gasteiger partial charge in [0.25, 0.3) is 5.91 Å². The first-order valence-electron chi connectivity index (χ1n) is 9.89. The highest BCUT2D eigenvalue weighted by atomic mass is 19.1. The second kappa shape index (κ2) is 7.13. The topological polar surface area (TPSA) is 75.6 Å². The van der Waals surface area contributed by atoms with Gasteiger partial charge in [-0.1, -0.05) is 20.8 Å². The van der Waals surface area contributed by atoms with Crippen LogP contribution in [-0.4, -0.2) is 25.7 Å². The van der Waals surface area contributed by atoms with Crippen molar-refractivity contribution in [3.63, 3.8) is 0 Å².